The third-order valence-corrected chi connectivity index (χ3v) is 12.6. The van der Waals surface area contributed by atoms with Crippen LogP contribution in [0.5, 0.6) is 0 Å². The predicted molar refractivity (Wildman–Crippen MR) is 271 cm³/mol. The molecule has 0 aliphatic carbocycles. The van der Waals surface area contributed by atoms with Gasteiger partial charge in [-0.3, -0.25) is 4.98 Å². The number of nitrogens with zero attached hydrogens (tertiary/aromatic N) is 3. The molecular formula is C60H63IrN3O-2. The SMILES string of the molecule is CC(C)(C)c1ccc(-c2[c-]cccc2)nc1.[2H]C([2H])([2H])c1c[c-]c(-c2cc(C(C)(C)C)ncn2)c2oc3c4cc(Cc5c(C(C)C)cc(C(C)C)cc5C(C)C)c5ccccc5c4ccc3c12.[Ir]. The summed E-state index contributed by atoms with van der Waals surface area (Å²) in [5.74, 6) is 1.19. The van der Waals surface area contributed by atoms with Crippen LogP contribution in [-0.2, 0) is 37.4 Å². The van der Waals surface area contributed by atoms with Gasteiger partial charge in [0.1, 0.15) is 11.9 Å². The van der Waals surface area contributed by atoms with Gasteiger partial charge < -0.3 is 9.40 Å². The van der Waals surface area contributed by atoms with E-state index < -0.39 is 6.85 Å². The van der Waals surface area contributed by atoms with Crippen molar-refractivity contribution in [2.75, 3.05) is 0 Å². The average molecular weight is 1040 g/mol. The molecular weight excluding hydrogens is 971 g/mol. The number of hydrogen-bond acceptors (Lipinski definition) is 4. The quantitative estimate of drug-likeness (QED) is 0.118. The zero-order chi connectivity index (χ0) is 48.2. The van der Waals surface area contributed by atoms with E-state index in [0.717, 1.165) is 44.9 Å². The Labute approximate surface area is 404 Å². The summed E-state index contributed by atoms with van der Waals surface area (Å²) < 4.78 is 32.4. The molecule has 0 fully saturated rings. The molecule has 9 aromatic rings. The molecule has 0 aliphatic heterocycles. The Balaban J connectivity index is 0.000000340. The van der Waals surface area contributed by atoms with Crippen LogP contribution >= 0.6 is 0 Å². The van der Waals surface area contributed by atoms with Crippen LogP contribution in [0, 0.1) is 19.0 Å². The fraction of sp³-hybridized carbons (Fsp3) is 0.317. The smallest absolute Gasteiger partial charge is 0.128 e. The van der Waals surface area contributed by atoms with E-state index in [1.165, 1.54) is 38.8 Å². The number of fused-ring (bicyclic) bond motifs is 7. The summed E-state index contributed by atoms with van der Waals surface area (Å²) in [6.45, 7) is 24.3. The van der Waals surface area contributed by atoms with E-state index in [0.29, 0.717) is 45.6 Å². The Morgan fingerprint density at radius 1 is 0.631 bits per heavy atom. The number of rotatable bonds is 7. The first-order chi connectivity index (χ1) is 31.6. The second-order valence-corrected chi connectivity index (χ2v) is 20.3. The van der Waals surface area contributed by atoms with Crippen LogP contribution in [-0.4, -0.2) is 15.0 Å². The summed E-state index contributed by atoms with van der Waals surface area (Å²) in [6.07, 6.45) is 4.30. The second-order valence-electron chi connectivity index (χ2n) is 20.3. The Hall–Kier alpha value is -5.48. The molecule has 0 bridgehead atoms. The standard InChI is InChI=1S/C45H47N2O.C15H16N.Ir/c1-25(2)29-19-36(26(3)4)38(37(20-29)27(5)6)21-30-22-39-33(32-14-12-11-13-31(30)32)17-18-35-42-28(7)15-16-34(44(42)48-43(35)39)40-23-41(45(8,9)10)47-24-46-40;1-15(2,3)13-9-10-14(16-11-13)12-7-5-4-6-8-12;/h11-15,17-20,22-27H,21H2,1-10H3;4-7,9-11H,1-3H3;/q2*-1;/i7D3;;. The molecule has 3 aromatic heterocycles. The van der Waals surface area contributed by atoms with Crippen LogP contribution in [0.25, 0.3) is 66.0 Å². The first-order valence-corrected chi connectivity index (χ1v) is 22.8. The van der Waals surface area contributed by atoms with Crippen LogP contribution < -0.4 is 0 Å². The van der Waals surface area contributed by atoms with E-state index in [1.807, 2.05) is 42.6 Å². The van der Waals surface area contributed by atoms with Crippen molar-refractivity contribution in [3.8, 4) is 22.5 Å². The van der Waals surface area contributed by atoms with Crippen LogP contribution in [0.1, 0.15) is 150 Å². The van der Waals surface area contributed by atoms with Gasteiger partial charge in [0.05, 0.1) is 5.58 Å². The normalized spacial score (nSPS) is 13.0. The Kier molecular flexibility index (Phi) is 12.5. The van der Waals surface area contributed by atoms with Crippen molar-refractivity contribution in [2.24, 2.45) is 0 Å². The molecule has 5 heteroatoms. The maximum atomic E-state index is 8.49. The number of pyridine rings is 1. The molecule has 1 radical (unpaired) electrons. The molecule has 0 saturated heterocycles. The fourth-order valence-corrected chi connectivity index (χ4v) is 8.83. The third-order valence-electron chi connectivity index (χ3n) is 12.6. The van der Waals surface area contributed by atoms with Crippen LogP contribution in [0.2, 0.25) is 0 Å². The van der Waals surface area contributed by atoms with Crippen molar-refractivity contribution in [1.82, 2.24) is 15.0 Å². The van der Waals surface area contributed by atoms with Crippen LogP contribution in [0.4, 0.5) is 0 Å². The van der Waals surface area contributed by atoms with Gasteiger partial charge >= 0.3 is 0 Å². The van der Waals surface area contributed by atoms with Gasteiger partial charge in [0.2, 0.25) is 0 Å². The molecule has 0 aliphatic rings. The summed E-state index contributed by atoms with van der Waals surface area (Å²) in [5, 5.41) is 5.76. The molecule has 65 heavy (non-hydrogen) atoms. The number of hydrogen-bond donors (Lipinski definition) is 0. The summed E-state index contributed by atoms with van der Waals surface area (Å²) in [7, 11) is 0. The van der Waals surface area contributed by atoms with Crippen LogP contribution in [0.15, 0.2) is 120 Å². The minimum absolute atomic E-state index is 0. The van der Waals surface area contributed by atoms with Gasteiger partial charge in [-0.05, 0) is 96.6 Å². The van der Waals surface area contributed by atoms with Gasteiger partial charge in [-0.15, -0.1) is 53.6 Å². The van der Waals surface area contributed by atoms with Crippen molar-refractivity contribution < 1.29 is 28.6 Å². The van der Waals surface area contributed by atoms with Crippen molar-refractivity contribution in [3.63, 3.8) is 0 Å². The molecule has 3 heterocycles. The van der Waals surface area contributed by atoms with E-state index in [9.17, 15) is 0 Å². The van der Waals surface area contributed by atoms with E-state index in [-0.39, 0.29) is 36.5 Å². The van der Waals surface area contributed by atoms with E-state index in [1.54, 1.807) is 12.4 Å². The molecule has 4 nitrogen and oxygen atoms in total. The summed E-state index contributed by atoms with van der Waals surface area (Å²) in [5.41, 5.74) is 13.6. The van der Waals surface area contributed by atoms with Crippen molar-refractivity contribution in [2.45, 2.75) is 125 Å². The number of furan rings is 1. The molecule has 0 amide bonds. The molecule has 0 N–H and O–H groups in total. The molecule has 0 spiro atoms. The minimum Gasteiger partial charge on any atom is -0.500 e. The molecule has 6 aromatic carbocycles. The van der Waals surface area contributed by atoms with Gasteiger partial charge in [-0.1, -0.05) is 168 Å². The van der Waals surface area contributed by atoms with Gasteiger partial charge in [-0.25, -0.2) is 4.98 Å². The minimum atomic E-state index is -2.36. The number of benzene rings is 6. The van der Waals surface area contributed by atoms with E-state index in [4.69, 9.17) is 8.53 Å². The largest absolute Gasteiger partial charge is 0.500 e. The first-order valence-electron chi connectivity index (χ1n) is 24.3. The second kappa shape index (κ2) is 18.8. The Bertz CT molecular complexity index is 3220. The number of aromatic nitrogens is 3. The van der Waals surface area contributed by atoms with Crippen LogP contribution in [0.3, 0.4) is 0 Å². The monoisotopic (exact) mass is 1040 g/mol. The zero-order valence-corrected chi connectivity index (χ0v) is 42.4. The zero-order valence-electron chi connectivity index (χ0n) is 43.0. The maximum Gasteiger partial charge on any atom is 0.128 e. The van der Waals surface area contributed by atoms with E-state index >= 15 is 0 Å². The molecule has 0 atom stereocenters. The summed E-state index contributed by atoms with van der Waals surface area (Å²) >= 11 is 0. The Morgan fingerprint density at radius 2 is 1.31 bits per heavy atom. The van der Waals surface area contributed by atoms with Crippen molar-refractivity contribution in [1.29, 1.82) is 0 Å². The summed E-state index contributed by atoms with van der Waals surface area (Å²) in [6, 6.07) is 42.0. The number of aryl methyl sites for hydroxylation is 1. The van der Waals surface area contributed by atoms with Gasteiger partial charge in [0.25, 0.3) is 0 Å². The van der Waals surface area contributed by atoms with Crippen molar-refractivity contribution >= 4 is 43.5 Å². The molecule has 0 unspecified atom stereocenters. The van der Waals surface area contributed by atoms with Gasteiger partial charge in [0.15, 0.2) is 0 Å². The predicted octanol–water partition coefficient (Wildman–Crippen LogP) is 16.6. The first kappa shape index (κ1) is 43.4. The maximum absolute atomic E-state index is 8.49. The molecule has 9 rings (SSSR count). The van der Waals surface area contributed by atoms with Gasteiger partial charge in [0, 0.05) is 52.3 Å². The molecule has 0 saturated carbocycles. The fourth-order valence-electron chi connectivity index (χ4n) is 8.83. The Morgan fingerprint density at radius 3 is 1.91 bits per heavy atom. The topological polar surface area (TPSA) is 51.8 Å². The third kappa shape index (κ3) is 9.60. The summed E-state index contributed by atoms with van der Waals surface area (Å²) in [4.78, 5) is 13.6. The molecule has 335 valence electrons. The van der Waals surface area contributed by atoms with Crippen molar-refractivity contribution in [3.05, 3.63) is 172 Å². The van der Waals surface area contributed by atoms with E-state index in [2.05, 4.69) is 171 Å². The van der Waals surface area contributed by atoms with Gasteiger partial charge in [-0.2, -0.15) is 0 Å². The average Bonchev–Trinajstić information content (AvgIpc) is 3.68.